The lowest BCUT2D eigenvalue weighted by atomic mass is 10.1. The molecule has 2 aromatic carbocycles. The summed E-state index contributed by atoms with van der Waals surface area (Å²) in [4.78, 5) is 17.0. The molecule has 0 unspecified atom stereocenters. The van der Waals surface area contributed by atoms with Crippen molar-refractivity contribution in [1.29, 1.82) is 0 Å². The molecule has 1 atom stereocenters. The van der Waals surface area contributed by atoms with Gasteiger partial charge in [0, 0.05) is 51.0 Å². The fourth-order valence-corrected chi connectivity index (χ4v) is 5.18. The lowest BCUT2D eigenvalue weighted by Crippen LogP contribution is -2.47. The minimum atomic E-state index is 0.0852. The van der Waals surface area contributed by atoms with Gasteiger partial charge in [-0.1, -0.05) is 48.5 Å². The van der Waals surface area contributed by atoms with Crippen molar-refractivity contribution in [3.8, 4) is 0 Å². The van der Waals surface area contributed by atoms with Crippen molar-refractivity contribution in [1.82, 2.24) is 15.3 Å². The third-order valence-corrected chi connectivity index (χ3v) is 7.20. The monoisotopic (exact) mass is 501 g/mol. The smallest absolute Gasteiger partial charge is 0.232 e. The number of para-hydroxylation sites is 1. The third kappa shape index (κ3) is 6.05. The summed E-state index contributed by atoms with van der Waals surface area (Å²) in [5, 5.41) is 7.17. The summed E-state index contributed by atoms with van der Waals surface area (Å²) in [7, 11) is 0. The van der Waals surface area contributed by atoms with Gasteiger partial charge in [0.1, 0.15) is 11.6 Å². The summed E-state index contributed by atoms with van der Waals surface area (Å²) in [6.07, 6.45) is 3.69. The number of aromatic nitrogens is 2. The van der Waals surface area contributed by atoms with Crippen molar-refractivity contribution in [2.24, 2.45) is 0 Å². The molecule has 3 heterocycles. The summed E-state index contributed by atoms with van der Waals surface area (Å²) in [6.45, 7) is 7.93. The minimum Gasteiger partial charge on any atom is -0.368 e. The van der Waals surface area contributed by atoms with Crippen LogP contribution in [0, 0.1) is 0 Å². The van der Waals surface area contributed by atoms with E-state index in [1.165, 1.54) is 30.5 Å². The molecule has 36 heavy (non-hydrogen) atoms. The van der Waals surface area contributed by atoms with Crippen LogP contribution in [-0.2, 0) is 0 Å². The van der Waals surface area contributed by atoms with Crippen LogP contribution in [0.3, 0.4) is 0 Å². The molecule has 2 aliphatic rings. The summed E-state index contributed by atoms with van der Waals surface area (Å²) in [5.74, 6) is 2.49. The molecule has 2 N–H and O–H groups in total. The van der Waals surface area contributed by atoms with Gasteiger partial charge in [-0.05, 0) is 56.1 Å². The van der Waals surface area contributed by atoms with Crippen LogP contribution in [0.25, 0.3) is 0 Å². The molecule has 0 radical (unpaired) electrons. The van der Waals surface area contributed by atoms with E-state index in [1.54, 1.807) is 0 Å². The zero-order valence-electron chi connectivity index (χ0n) is 20.9. The summed E-state index contributed by atoms with van der Waals surface area (Å²) in [5.41, 5.74) is 2.46. The Balaban J connectivity index is 1.31. The van der Waals surface area contributed by atoms with Crippen molar-refractivity contribution < 1.29 is 0 Å². The molecule has 5 rings (SSSR count). The molecule has 2 fully saturated rings. The molecule has 0 bridgehead atoms. The molecule has 8 heteroatoms. The minimum absolute atomic E-state index is 0.0852. The van der Waals surface area contributed by atoms with E-state index in [4.69, 9.17) is 22.2 Å². The Kier molecular flexibility index (Phi) is 7.81. The molecule has 1 aromatic heterocycles. The van der Waals surface area contributed by atoms with Crippen LogP contribution in [0.4, 0.5) is 23.3 Å². The first-order chi connectivity index (χ1) is 17.7. The topological polar surface area (TPSA) is 59.6 Å². The second-order valence-corrected chi connectivity index (χ2v) is 9.90. The quantitative estimate of drug-likeness (QED) is 0.466. The maximum absolute atomic E-state index is 5.65. The van der Waals surface area contributed by atoms with E-state index in [0.717, 1.165) is 50.9 Å². The molecular weight excluding hydrogens is 466 g/mol. The average molecular weight is 502 g/mol. The highest BCUT2D eigenvalue weighted by molar-refractivity contribution is 7.80. The van der Waals surface area contributed by atoms with Gasteiger partial charge in [-0.3, -0.25) is 0 Å². The SMILES string of the molecule is C[C@H](NC(=S)Nc1nc(N2CCCCC2)cc(N2CCN(c3ccccc3)CC2)n1)c1ccccc1. The predicted molar refractivity (Wildman–Crippen MR) is 153 cm³/mol. The molecule has 0 aliphatic carbocycles. The fraction of sp³-hybridized carbons (Fsp3) is 0.393. The van der Waals surface area contributed by atoms with Crippen LogP contribution in [0.1, 0.15) is 37.8 Å². The van der Waals surface area contributed by atoms with Gasteiger partial charge >= 0.3 is 0 Å². The Bertz CT molecular complexity index is 1130. The standard InChI is InChI=1S/C28H35N7S/c1-22(23-11-5-2-6-12-23)29-28(36)32-27-30-25(34-15-9-4-10-16-34)21-26(31-27)35-19-17-33(18-20-35)24-13-7-3-8-14-24/h2-3,5-8,11-14,21-22H,4,9-10,15-20H2,1H3,(H2,29,30,31,32,36)/t22-/m0/s1. The van der Waals surface area contributed by atoms with Crippen molar-refractivity contribution in [3.63, 3.8) is 0 Å². The van der Waals surface area contributed by atoms with Gasteiger partial charge in [0.15, 0.2) is 5.11 Å². The predicted octanol–water partition coefficient (Wildman–Crippen LogP) is 4.84. The number of hydrogen-bond donors (Lipinski definition) is 2. The summed E-state index contributed by atoms with van der Waals surface area (Å²) < 4.78 is 0. The van der Waals surface area contributed by atoms with Gasteiger partial charge in [0.25, 0.3) is 0 Å². The summed E-state index contributed by atoms with van der Waals surface area (Å²) >= 11 is 5.65. The van der Waals surface area contributed by atoms with E-state index >= 15 is 0 Å². The highest BCUT2D eigenvalue weighted by Crippen LogP contribution is 2.26. The average Bonchev–Trinajstić information content (AvgIpc) is 2.94. The van der Waals surface area contributed by atoms with Crippen molar-refractivity contribution in [2.75, 3.05) is 59.3 Å². The number of nitrogens with zero attached hydrogens (tertiary/aromatic N) is 5. The first-order valence-electron chi connectivity index (χ1n) is 13.0. The molecule has 188 valence electrons. The largest absolute Gasteiger partial charge is 0.368 e. The number of anilines is 4. The Morgan fingerprint density at radius 1 is 0.750 bits per heavy atom. The van der Waals surface area contributed by atoms with E-state index < -0.39 is 0 Å². The normalized spacial score (nSPS) is 17.0. The molecule has 0 spiro atoms. The molecule has 3 aromatic rings. The van der Waals surface area contributed by atoms with Gasteiger partial charge in [-0.2, -0.15) is 9.97 Å². The number of piperidine rings is 1. The van der Waals surface area contributed by atoms with Crippen LogP contribution in [0.15, 0.2) is 66.7 Å². The van der Waals surface area contributed by atoms with E-state index in [0.29, 0.717) is 11.1 Å². The zero-order chi connectivity index (χ0) is 24.7. The van der Waals surface area contributed by atoms with Gasteiger partial charge in [0.2, 0.25) is 5.95 Å². The van der Waals surface area contributed by atoms with E-state index in [-0.39, 0.29) is 6.04 Å². The van der Waals surface area contributed by atoms with Crippen LogP contribution >= 0.6 is 12.2 Å². The number of benzene rings is 2. The number of hydrogen-bond acceptors (Lipinski definition) is 6. The second kappa shape index (κ2) is 11.6. The maximum atomic E-state index is 5.65. The van der Waals surface area contributed by atoms with E-state index in [1.807, 2.05) is 18.2 Å². The van der Waals surface area contributed by atoms with Gasteiger partial charge < -0.3 is 25.3 Å². The van der Waals surface area contributed by atoms with Crippen LogP contribution < -0.4 is 25.3 Å². The van der Waals surface area contributed by atoms with Crippen molar-refractivity contribution in [3.05, 3.63) is 72.3 Å². The highest BCUT2D eigenvalue weighted by Gasteiger charge is 2.22. The van der Waals surface area contributed by atoms with Crippen molar-refractivity contribution in [2.45, 2.75) is 32.2 Å². The highest BCUT2D eigenvalue weighted by atomic mass is 32.1. The first kappa shape index (κ1) is 24.3. The number of thiocarbonyl (C=S) groups is 1. The van der Waals surface area contributed by atoms with E-state index in [2.05, 4.69) is 80.8 Å². The van der Waals surface area contributed by atoms with Gasteiger partial charge in [0.05, 0.1) is 6.04 Å². The second-order valence-electron chi connectivity index (χ2n) is 9.50. The molecular formula is C28H35N7S. The van der Waals surface area contributed by atoms with Crippen LogP contribution in [0.2, 0.25) is 0 Å². The number of nitrogens with one attached hydrogen (secondary N) is 2. The van der Waals surface area contributed by atoms with Gasteiger partial charge in [-0.15, -0.1) is 0 Å². The Morgan fingerprint density at radius 3 is 1.94 bits per heavy atom. The molecule has 0 saturated carbocycles. The molecule has 2 aliphatic heterocycles. The summed E-state index contributed by atoms with van der Waals surface area (Å²) in [6, 6.07) is 23.2. The van der Waals surface area contributed by atoms with Crippen LogP contribution in [0.5, 0.6) is 0 Å². The van der Waals surface area contributed by atoms with Crippen LogP contribution in [-0.4, -0.2) is 54.3 Å². The van der Waals surface area contributed by atoms with Crippen molar-refractivity contribution >= 4 is 40.6 Å². The lowest BCUT2D eigenvalue weighted by molar-refractivity contribution is 0.573. The first-order valence-corrected chi connectivity index (χ1v) is 13.4. The molecule has 0 amide bonds. The van der Waals surface area contributed by atoms with Gasteiger partial charge in [-0.25, -0.2) is 0 Å². The molecule has 2 saturated heterocycles. The fourth-order valence-electron chi connectivity index (χ4n) is 4.92. The Labute approximate surface area is 219 Å². The number of rotatable bonds is 6. The third-order valence-electron chi connectivity index (χ3n) is 6.98. The maximum Gasteiger partial charge on any atom is 0.232 e. The Hall–Kier alpha value is -3.39. The zero-order valence-corrected chi connectivity index (χ0v) is 21.8. The van der Waals surface area contributed by atoms with E-state index in [9.17, 15) is 0 Å². The lowest BCUT2D eigenvalue weighted by Gasteiger charge is -2.37. The molecule has 7 nitrogen and oxygen atoms in total. The number of piperazine rings is 1. The Morgan fingerprint density at radius 2 is 1.31 bits per heavy atom.